The molecule has 0 aromatic carbocycles. The molecule has 0 fully saturated rings. The van der Waals surface area contributed by atoms with Crippen LogP contribution < -0.4 is 5.32 Å². The lowest BCUT2D eigenvalue weighted by atomic mass is 10.2. The fourth-order valence-electron chi connectivity index (χ4n) is 2.27. The van der Waals surface area contributed by atoms with E-state index in [0.717, 1.165) is 43.7 Å². The Hall–Kier alpha value is -1.68. The maximum absolute atomic E-state index is 4.72. The van der Waals surface area contributed by atoms with Gasteiger partial charge in [-0.25, -0.2) is 4.68 Å². The Bertz CT molecular complexity index is 545. The lowest BCUT2D eigenvalue weighted by Gasteiger charge is -2.12. The van der Waals surface area contributed by atoms with Gasteiger partial charge in [-0.1, -0.05) is 20.8 Å². The third-order valence-corrected chi connectivity index (χ3v) is 3.41. The molecule has 0 atom stereocenters. The summed E-state index contributed by atoms with van der Waals surface area (Å²) in [7, 11) is 0. The first kappa shape index (κ1) is 14.7. The van der Waals surface area contributed by atoms with Gasteiger partial charge in [0, 0.05) is 30.2 Å². The molecule has 0 saturated carbocycles. The van der Waals surface area contributed by atoms with Crippen molar-refractivity contribution in [3.8, 4) is 5.69 Å². The summed E-state index contributed by atoms with van der Waals surface area (Å²) in [6.07, 6.45) is 6.86. The molecule has 0 bridgehead atoms. The molecule has 0 amide bonds. The zero-order chi connectivity index (χ0) is 14.4. The molecule has 2 rings (SSSR count). The molecule has 108 valence electrons. The molecule has 0 aliphatic heterocycles. The Morgan fingerprint density at radius 1 is 1.20 bits per heavy atom. The minimum absolute atomic E-state index is 0.835. The summed E-state index contributed by atoms with van der Waals surface area (Å²) < 4.78 is 2.07. The highest BCUT2D eigenvalue weighted by Gasteiger charge is 2.11. The van der Waals surface area contributed by atoms with E-state index in [1.54, 1.807) is 0 Å². The molecule has 4 heteroatoms. The number of pyridine rings is 1. The molecule has 0 unspecified atom stereocenters. The van der Waals surface area contributed by atoms with Crippen molar-refractivity contribution in [2.75, 3.05) is 6.54 Å². The molecule has 0 saturated heterocycles. The van der Waals surface area contributed by atoms with E-state index in [9.17, 15) is 0 Å². The van der Waals surface area contributed by atoms with Crippen molar-refractivity contribution in [2.24, 2.45) is 0 Å². The molecule has 2 aromatic heterocycles. The molecule has 0 aliphatic carbocycles. The van der Waals surface area contributed by atoms with Gasteiger partial charge in [0.1, 0.15) is 0 Å². The summed E-state index contributed by atoms with van der Waals surface area (Å²) in [5, 5.41) is 8.16. The molecular weight excluding hydrogens is 248 g/mol. The van der Waals surface area contributed by atoms with Crippen molar-refractivity contribution in [3.63, 3.8) is 0 Å². The average molecular weight is 272 g/mol. The fraction of sp³-hybridized carbons (Fsp3) is 0.500. The number of nitrogens with one attached hydrogen (secondary N) is 1. The molecule has 0 radical (unpaired) electrons. The monoisotopic (exact) mass is 272 g/mol. The standard InChI is InChI=1S/C16H24N4/c1-4-8-17-11-13-12-18-9-7-16(13)20-15(6-3)10-14(5-2)19-20/h7,9-10,12,17H,4-6,8,11H2,1-3H3. The van der Waals surface area contributed by atoms with E-state index in [-0.39, 0.29) is 0 Å². The van der Waals surface area contributed by atoms with Gasteiger partial charge in [0.05, 0.1) is 11.4 Å². The molecule has 20 heavy (non-hydrogen) atoms. The van der Waals surface area contributed by atoms with E-state index in [2.05, 4.69) is 47.9 Å². The van der Waals surface area contributed by atoms with Gasteiger partial charge in [-0.3, -0.25) is 4.98 Å². The van der Waals surface area contributed by atoms with Crippen molar-refractivity contribution < 1.29 is 0 Å². The largest absolute Gasteiger partial charge is 0.313 e. The van der Waals surface area contributed by atoms with Gasteiger partial charge in [-0.05, 0) is 37.9 Å². The third kappa shape index (κ3) is 3.25. The van der Waals surface area contributed by atoms with Crippen molar-refractivity contribution in [1.82, 2.24) is 20.1 Å². The minimum Gasteiger partial charge on any atom is -0.313 e. The van der Waals surface area contributed by atoms with E-state index in [4.69, 9.17) is 5.10 Å². The Morgan fingerprint density at radius 2 is 2.05 bits per heavy atom. The fourth-order valence-corrected chi connectivity index (χ4v) is 2.27. The highest BCUT2D eigenvalue weighted by Crippen LogP contribution is 2.17. The predicted molar refractivity (Wildman–Crippen MR) is 82.1 cm³/mol. The topological polar surface area (TPSA) is 42.7 Å². The Morgan fingerprint density at radius 3 is 2.75 bits per heavy atom. The Labute approximate surface area is 121 Å². The highest BCUT2D eigenvalue weighted by molar-refractivity contribution is 5.40. The van der Waals surface area contributed by atoms with Crippen LogP contribution in [0, 0.1) is 0 Å². The first-order valence-corrected chi connectivity index (χ1v) is 7.51. The quantitative estimate of drug-likeness (QED) is 0.788. The first-order chi connectivity index (χ1) is 9.80. The molecule has 0 spiro atoms. The summed E-state index contributed by atoms with van der Waals surface area (Å²) in [6, 6.07) is 4.25. The molecule has 2 aromatic rings. The van der Waals surface area contributed by atoms with Crippen molar-refractivity contribution in [1.29, 1.82) is 0 Å². The van der Waals surface area contributed by atoms with Crippen LogP contribution in [0.3, 0.4) is 0 Å². The second-order valence-electron chi connectivity index (χ2n) is 4.93. The van der Waals surface area contributed by atoms with Crippen LogP contribution in [0.1, 0.15) is 44.1 Å². The summed E-state index contributed by atoms with van der Waals surface area (Å²) in [5.41, 5.74) is 4.73. The summed E-state index contributed by atoms with van der Waals surface area (Å²) >= 11 is 0. The van der Waals surface area contributed by atoms with Gasteiger partial charge < -0.3 is 5.32 Å². The number of aromatic nitrogens is 3. The molecule has 2 heterocycles. The van der Waals surface area contributed by atoms with E-state index in [0.29, 0.717) is 0 Å². The van der Waals surface area contributed by atoms with Crippen LogP contribution in [0.15, 0.2) is 24.5 Å². The van der Waals surface area contributed by atoms with Crippen LogP contribution in [-0.4, -0.2) is 21.3 Å². The molecule has 1 N–H and O–H groups in total. The van der Waals surface area contributed by atoms with E-state index in [1.807, 2.05) is 12.4 Å². The van der Waals surface area contributed by atoms with E-state index < -0.39 is 0 Å². The van der Waals surface area contributed by atoms with Gasteiger partial charge >= 0.3 is 0 Å². The lowest BCUT2D eigenvalue weighted by molar-refractivity contribution is 0.665. The SMILES string of the molecule is CCCNCc1cnccc1-n1nc(CC)cc1CC. The van der Waals surface area contributed by atoms with Gasteiger partial charge in [0.15, 0.2) is 0 Å². The van der Waals surface area contributed by atoms with Crippen LogP contribution in [0.25, 0.3) is 5.69 Å². The van der Waals surface area contributed by atoms with Crippen LogP contribution in [0.4, 0.5) is 0 Å². The molecule has 4 nitrogen and oxygen atoms in total. The number of hydrogen-bond donors (Lipinski definition) is 1. The smallest absolute Gasteiger partial charge is 0.0724 e. The second kappa shape index (κ2) is 7.20. The highest BCUT2D eigenvalue weighted by atomic mass is 15.3. The Balaban J connectivity index is 2.34. The van der Waals surface area contributed by atoms with Crippen molar-refractivity contribution in [2.45, 2.75) is 46.6 Å². The zero-order valence-corrected chi connectivity index (χ0v) is 12.7. The summed E-state index contributed by atoms with van der Waals surface area (Å²) in [4.78, 5) is 4.25. The number of hydrogen-bond acceptors (Lipinski definition) is 3. The van der Waals surface area contributed by atoms with Crippen molar-refractivity contribution >= 4 is 0 Å². The van der Waals surface area contributed by atoms with Gasteiger partial charge in [-0.2, -0.15) is 5.10 Å². The number of nitrogens with zero attached hydrogens (tertiary/aromatic N) is 3. The van der Waals surface area contributed by atoms with Crippen LogP contribution in [0.2, 0.25) is 0 Å². The average Bonchev–Trinajstić information content (AvgIpc) is 2.91. The molecular formula is C16H24N4. The third-order valence-electron chi connectivity index (χ3n) is 3.41. The maximum atomic E-state index is 4.72. The zero-order valence-electron chi connectivity index (χ0n) is 12.7. The van der Waals surface area contributed by atoms with Crippen LogP contribution in [0.5, 0.6) is 0 Å². The van der Waals surface area contributed by atoms with Gasteiger partial charge in [0.25, 0.3) is 0 Å². The van der Waals surface area contributed by atoms with Gasteiger partial charge in [-0.15, -0.1) is 0 Å². The van der Waals surface area contributed by atoms with Gasteiger partial charge in [0.2, 0.25) is 0 Å². The van der Waals surface area contributed by atoms with Crippen LogP contribution in [-0.2, 0) is 19.4 Å². The summed E-state index contributed by atoms with van der Waals surface area (Å²) in [5.74, 6) is 0. The normalized spacial score (nSPS) is 10.9. The van der Waals surface area contributed by atoms with Crippen LogP contribution >= 0.6 is 0 Å². The van der Waals surface area contributed by atoms with Crippen molar-refractivity contribution in [3.05, 3.63) is 41.5 Å². The number of aryl methyl sites for hydroxylation is 2. The van der Waals surface area contributed by atoms with E-state index >= 15 is 0 Å². The summed E-state index contributed by atoms with van der Waals surface area (Å²) in [6.45, 7) is 8.34. The Kier molecular flexibility index (Phi) is 5.30. The predicted octanol–water partition coefficient (Wildman–Crippen LogP) is 2.89. The second-order valence-corrected chi connectivity index (χ2v) is 4.93. The first-order valence-electron chi connectivity index (χ1n) is 7.51. The molecule has 0 aliphatic rings. The minimum atomic E-state index is 0.835. The maximum Gasteiger partial charge on any atom is 0.0724 e. The lowest BCUT2D eigenvalue weighted by Crippen LogP contribution is -2.16. The number of rotatable bonds is 7. The van der Waals surface area contributed by atoms with E-state index in [1.165, 1.54) is 11.3 Å².